The third-order valence-corrected chi connectivity index (χ3v) is 6.84. The maximum absolute atomic E-state index is 13.2. The molecule has 0 aromatic heterocycles. The lowest BCUT2D eigenvalue weighted by Gasteiger charge is -2.39. The maximum Gasteiger partial charge on any atom is 0.193 e. The number of benzene rings is 1. The minimum atomic E-state index is -3.20. The van der Waals surface area contributed by atoms with Gasteiger partial charge in [0.15, 0.2) is 15.8 Å². The molecule has 0 bridgehead atoms. The highest BCUT2D eigenvalue weighted by Gasteiger charge is 2.32. The number of hydrogen-bond acceptors (Lipinski definition) is 4. The molecule has 1 heterocycles. The van der Waals surface area contributed by atoms with Gasteiger partial charge in [0.25, 0.3) is 0 Å². The van der Waals surface area contributed by atoms with E-state index in [9.17, 15) is 12.8 Å². The molecule has 1 aromatic rings. The summed E-state index contributed by atoms with van der Waals surface area (Å²) in [6, 6.07) is 6.28. The van der Waals surface area contributed by atoms with Gasteiger partial charge in [-0.05, 0) is 38.5 Å². The van der Waals surface area contributed by atoms with Crippen LogP contribution in [0.2, 0.25) is 0 Å². The summed E-state index contributed by atoms with van der Waals surface area (Å²) in [4.78, 5) is 6.34. The van der Waals surface area contributed by atoms with Gasteiger partial charge in [-0.3, -0.25) is 4.99 Å². The zero-order valence-electron chi connectivity index (χ0n) is 16.4. The summed E-state index contributed by atoms with van der Waals surface area (Å²) in [6.45, 7) is 6.78. The van der Waals surface area contributed by atoms with Crippen LogP contribution in [-0.4, -0.2) is 63.1 Å². The molecule has 0 radical (unpaired) electrons. The maximum atomic E-state index is 13.2. The Kier molecular flexibility index (Phi) is 8.49. The number of morpholine rings is 1. The molecule has 0 aliphatic carbocycles. The van der Waals surface area contributed by atoms with E-state index in [1.165, 1.54) is 18.4 Å². The van der Waals surface area contributed by atoms with E-state index >= 15 is 0 Å². The Morgan fingerprint density at radius 1 is 1.33 bits per heavy atom. The fourth-order valence-electron chi connectivity index (χ4n) is 2.74. The van der Waals surface area contributed by atoms with E-state index in [1.54, 1.807) is 33.0 Å². The van der Waals surface area contributed by atoms with Crippen molar-refractivity contribution in [1.82, 2.24) is 10.2 Å². The van der Waals surface area contributed by atoms with Crippen molar-refractivity contribution in [2.24, 2.45) is 4.99 Å². The van der Waals surface area contributed by atoms with Crippen molar-refractivity contribution in [3.05, 3.63) is 35.6 Å². The molecule has 0 spiro atoms. The van der Waals surface area contributed by atoms with E-state index < -0.39 is 14.6 Å². The van der Waals surface area contributed by atoms with Crippen LogP contribution in [0.5, 0.6) is 0 Å². The van der Waals surface area contributed by atoms with Crippen molar-refractivity contribution in [2.75, 3.05) is 32.9 Å². The van der Waals surface area contributed by atoms with E-state index in [2.05, 4.69) is 10.3 Å². The van der Waals surface area contributed by atoms with Crippen LogP contribution in [0.15, 0.2) is 29.3 Å². The number of nitrogens with one attached hydrogen (secondary N) is 1. The van der Waals surface area contributed by atoms with E-state index in [0.717, 1.165) is 5.56 Å². The zero-order valence-corrected chi connectivity index (χ0v) is 19.5. The molecule has 1 N–H and O–H groups in total. The number of nitrogens with zero attached hydrogens (tertiary/aromatic N) is 2. The molecule has 1 aliphatic rings. The highest BCUT2D eigenvalue weighted by molar-refractivity contribution is 14.0. The van der Waals surface area contributed by atoms with Crippen molar-refractivity contribution in [2.45, 2.75) is 37.7 Å². The minimum Gasteiger partial charge on any atom is -0.367 e. The smallest absolute Gasteiger partial charge is 0.193 e. The molecule has 1 fully saturated rings. The highest BCUT2D eigenvalue weighted by Crippen LogP contribution is 2.25. The first kappa shape index (κ1) is 24.1. The summed E-state index contributed by atoms with van der Waals surface area (Å²) < 4.78 is 42.1. The Morgan fingerprint density at radius 3 is 2.44 bits per heavy atom. The molecular weight excluding hydrogens is 484 g/mol. The van der Waals surface area contributed by atoms with Gasteiger partial charge in [0.1, 0.15) is 11.9 Å². The molecule has 1 aliphatic heterocycles. The molecule has 2 atom stereocenters. The van der Waals surface area contributed by atoms with Gasteiger partial charge in [-0.2, -0.15) is 0 Å². The first-order valence-electron chi connectivity index (χ1n) is 8.59. The van der Waals surface area contributed by atoms with Gasteiger partial charge in [0.2, 0.25) is 0 Å². The Morgan fingerprint density at radius 2 is 1.93 bits per heavy atom. The Bertz CT molecular complexity index is 754. The normalized spacial score (nSPS) is 21.6. The second-order valence-electron chi connectivity index (χ2n) is 7.32. The summed E-state index contributed by atoms with van der Waals surface area (Å²) in [6.07, 6.45) is 0.986. The molecule has 6 nitrogen and oxygen atoms in total. The van der Waals surface area contributed by atoms with Gasteiger partial charge in [-0.25, -0.2) is 12.8 Å². The van der Waals surface area contributed by atoms with Crippen molar-refractivity contribution >= 4 is 39.8 Å². The number of guanidine groups is 1. The average Bonchev–Trinajstić information content (AvgIpc) is 2.54. The number of halogens is 2. The number of ether oxygens (including phenoxy) is 1. The van der Waals surface area contributed by atoms with E-state index in [1.807, 2.05) is 11.8 Å². The second-order valence-corrected chi connectivity index (χ2v) is 9.97. The number of rotatable bonds is 4. The molecule has 0 saturated carbocycles. The summed E-state index contributed by atoms with van der Waals surface area (Å²) in [5.41, 5.74) is 0.898. The van der Waals surface area contributed by atoms with Gasteiger partial charge in [0, 0.05) is 26.4 Å². The fourth-order valence-corrected chi connectivity index (χ4v) is 3.08. The van der Waals surface area contributed by atoms with Gasteiger partial charge in [0.05, 0.1) is 17.4 Å². The van der Waals surface area contributed by atoms with Crippen molar-refractivity contribution in [3.63, 3.8) is 0 Å². The van der Waals surface area contributed by atoms with Gasteiger partial charge >= 0.3 is 0 Å². The second kappa shape index (κ2) is 9.51. The predicted molar refractivity (Wildman–Crippen MR) is 117 cm³/mol. The van der Waals surface area contributed by atoms with Crippen molar-refractivity contribution in [3.8, 4) is 0 Å². The lowest BCUT2D eigenvalue weighted by molar-refractivity contribution is -0.0605. The number of aliphatic imine (C=N–C) groups is 1. The van der Waals surface area contributed by atoms with E-state index in [-0.39, 0.29) is 48.5 Å². The van der Waals surface area contributed by atoms with Crippen molar-refractivity contribution < 1.29 is 17.5 Å². The Balaban J connectivity index is 0.00000364. The van der Waals surface area contributed by atoms with Crippen LogP contribution in [0.3, 0.4) is 0 Å². The van der Waals surface area contributed by atoms with E-state index in [4.69, 9.17) is 4.74 Å². The van der Waals surface area contributed by atoms with Gasteiger partial charge < -0.3 is 15.0 Å². The van der Waals surface area contributed by atoms with Crippen molar-refractivity contribution in [1.29, 1.82) is 0 Å². The van der Waals surface area contributed by atoms with E-state index in [0.29, 0.717) is 19.0 Å². The summed E-state index contributed by atoms with van der Waals surface area (Å²) in [7, 11) is -1.53. The lowest BCUT2D eigenvalue weighted by atomic mass is 10.1. The van der Waals surface area contributed by atoms with Gasteiger partial charge in [-0.1, -0.05) is 12.1 Å². The van der Waals surface area contributed by atoms with Crippen LogP contribution >= 0.6 is 24.0 Å². The molecule has 9 heteroatoms. The first-order chi connectivity index (χ1) is 12.0. The quantitative estimate of drug-likeness (QED) is 0.381. The average molecular weight is 513 g/mol. The van der Waals surface area contributed by atoms with Crippen LogP contribution in [0.1, 0.15) is 32.4 Å². The minimum absolute atomic E-state index is 0. The van der Waals surface area contributed by atoms with Crippen LogP contribution in [0, 0.1) is 5.82 Å². The summed E-state index contributed by atoms with van der Waals surface area (Å²) >= 11 is 0. The molecule has 27 heavy (non-hydrogen) atoms. The molecule has 0 amide bonds. The molecule has 1 aromatic carbocycles. The summed E-state index contributed by atoms with van der Waals surface area (Å²) in [5.74, 6) is 0.346. The van der Waals surface area contributed by atoms with Gasteiger partial charge in [-0.15, -0.1) is 24.0 Å². The van der Waals surface area contributed by atoms with Crippen LogP contribution < -0.4 is 5.32 Å². The van der Waals surface area contributed by atoms with Crippen LogP contribution in [-0.2, 0) is 14.6 Å². The third kappa shape index (κ3) is 6.28. The Hall–Kier alpha value is -0.940. The lowest BCUT2D eigenvalue weighted by Crippen LogP contribution is -2.53. The zero-order chi connectivity index (χ0) is 19.5. The molecule has 2 rings (SSSR count). The fraction of sp³-hybridized carbons (Fsp3) is 0.611. The number of sulfone groups is 1. The number of hydrogen-bond donors (Lipinski definition) is 1. The molecule has 154 valence electrons. The monoisotopic (exact) mass is 513 g/mol. The standard InChI is InChI=1S/C18H28FN3O3S.HI/c1-13-10-22(11-16(25-13)14-6-8-15(19)9-7-14)17(20-4)21-12-18(2,3)26(5,23)24;/h6-9,13,16H,10-12H2,1-5H3,(H,20,21);1H. The first-order valence-corrected chi connectivity index (χ1v) is 10.5. The highest BCUT2D eigenvalue weighted by atomic mass is 127. The third-order valence-electron chi connectivity index (χ3n) is 4.69. The topological polar surface area (TPSA) is 71.0 Å². The summed E-state index contributed by atoms with van der Waals surface area (Å²) in [5, 5.41) is 3.17. The molecular formula is C18H29FIN3O3S. The molecule has 1 saturated heterocycles. The predicted octanol–water partition coefficient (Wildman–Crippen LogP) is 2.60. The largest absolute Gasteiger partial charge is 0.367 e. The SMILES string of the molecule is CN=C(NCC(C)(C)S(C)(=O)=O)N1CC(C)OC(c2ccc(F)cc2)C1.I. The molecule has 2 unspecified atom stereocenters. The van der Waals surface area contributed by atoms with Crippen LogP contribution in [0.4, 0.5) is 4.39 Å². The van der Waals surface area contributed by atoms with Crippen LogP contribution in [0.25, 0.3) is 0 Å². The Labute approximate surface area is 178 Å².